The van der Waals surface area contributed by atoms with E-state index in [1.165, 1.54) is 62.8 Å². The molecule has 0 unspecified atom stereocenters. The number of hydrogen-bond acceptors (Lipinski definition) is 4. The molecule has 0 aliphatic heterocycles. The normalized spacial score (nSPS) is 12.2. The van der Waals surface area contributed by atoms with Crippen LogP contribution in [-0.2, 0) is 0 Å². The maximum Gasteiger partial charge on any atom is 0.143 e. The van der Waals surface area contributed by atoms with Crippen LogP contribution in [0.15, 0.2) is 128 Å². The molecule has 10 rings (SSSR count). The molecule has 4 heterocycles. The lowest BCUT2D eigenvalue weighted by atomic mass is 10.1. The third-order valence-electron chi connectivity index (χ3n) is 8.65. The monoisotopic (exact) mass is 583 g/mol. The summed E-state index contributed by atoms with van der Waals surface area (Å²) >= 11 is 3.60. The van der Waals surface area contributed by atoms with Crippen molar-refractivity contribution in [2.75, 3.05) is 0 Å². The van der Waals surface area contributed by atoms with E-state index in [0.717, 1.165) is 27.3 Å². The number of aromatic nitrogens is 3. The highest BCUT2D eigenvalue weighted by molar-refractivity contribution is 7.27. The SMILES string of the molecule is c1cc(-c2cnc3c(n2)sc2ccc4ccccc4c23)cc(-n2c3ccccc3c3c4sc5ccccc5c4ccc32)c1. The molecule has 0 fully saturated rings. The van der Waals surface area contributed by atoms with Crippen LogP contribution in [0, 0.1) is 0 Å². The molecule has 0 N–H and O–H groups in total. The van der Waals surface area contributed by atoms with Crippen molar-refractivity contribution in [1.29, 1.82) is 0 Å². The van der Waals surface area contributed by atoms with Gasteiger partial charge in [0.05, 0.1) is 22.9 Å². The molecule has 0 bridgehead atoms. The molecule has 0 aliphatic carbocycles. The lowest BCUT2D eigenvalue weighted by Gasteiger charge is -2.10. The molecule has 4 aromatic heterocycles. The summed E-state index contributed by atoms with van der Waals surface area (Å²) in [7, 11) is 0. The molecule has 3 nitrogen and oxygen atoms in total. The van der Waals surface area contributed by atoms with Crippen LogP contribution < -0.4 is 0 Å². The minimum absolute atomic E-state index is 0.887. The van der Waals surface area contributed by atoms with Gasteiger partial charge in [-0.1, -0.05) is 84.9 Å². The molecule has 0 atom stereocenters. The Bertz CT molecular complexity index is 2750. The Hall–Kier alpha value is -5.10. The first-order valence-electron chi connectivity index (χ1n) is 14.3. The van der Waals surface area contributed by atoms with Crippen molar-refractivity contribution in [2.45, 2.75) is 0 Å². The fourth-order valence-corrected chi connectivity index (χ4v) is 9.06. The second-order valence-corrected chi connectivity index (χ2v) is 13.1. The first-order chi connectivity index (χ1) is 21.3. The zero-order chi connectivity index (χ0) is 28.1. The predicted octanol–water partition coefficient (Wildman–Crippen LogP) is 11.1. The number of thiophene rings is 2. The third kappa shape index (κ3) is 3.29. The van der Waals surface area contributed by atoms with Crippen LogP contribution >= 0.6 is 22.7 Å². The molecule has 0 saturated heterocycles. The van der Waals surface area contributed by atoms with E-state index in [9.17, 15) is 0 Å². The molecule has 0 radical (unpaired) electrons. The van der Waals surface area contributed by atoms with Crippen molar-refractivity contribution in [3.63, 3.8) is 0 Å². The summed E-state index contributed by atoms with van der Waals surface area (Å²) in [5, 5.41) is 8.90. The van der Waals surface area contributed by atoms with E-state index in [1.54, 1.807) is 11.3 Å². The van der Waals surface area contributed by atoms with Gasteiger partial charge in [0.1, 0.15) is 10.3 Å². The first kappa shape index (κ1) is 23.5. The van der Waals surface area contributed by atoms with Crippen LogP contribution in [0.1, 0.15) is 0 Å². The number of fused-ring (bicyclic) bond motifs is 12. The smallest absolute Gasteiger partial charge is 0.143 e. The Labute approximate surface area is 253 Å². The summed E-state index contributed by atoms with van der Waals surface area (Å²) in [5.74, 6) is 0. The van der Waals surface area contributed by atoms with Gasteiger partial charge >= 0.3 is 0 Å². The van der Waals surface area contributed by atoms with Gasteiger partial charge in [0.15, 0.2) is 0 Å². The molecule has 0 spiro atoms. The summed E-state index contributed by atoms with van der Waals surface area (Å²) < 4.78 is 6.29. The number of benzene rings is 6. The number of hydrogen-bond donors (Lipinski definition) is 0. The lowest BCUT2D eigenvalue weighted by molar-refractivity contribution is 1.18. The minimum atomic E-state index is 0.887. The highest BCUT2D eigenvalue weighted by atomic mass is 32.1. The molecule has 200 valence electrons. The zero-order valence-corrected chi connectivity index (χ0v) is 24.4. The van der Waals surface area contributed by atoms with E-state index in [4.69, 9.17) is 9.97 Å². The predicted molar refractivity (Wildman–Crippen MR) is 185 cm³/mol. The van der Waals surface area contributed by atoms with Crippen LogP contribution in [-0.4, -0.2) is 14.5 Å². The number of nitrogens with zero attached hydrogens (tertiary/aromatic N) is 3. The Morgan fingerprint density at radius 1 is 0.558 bits per heavy atom. The maximum absolute atomic E-state index is 5.15. The van der Waals surface area contributed by atoms with Crippen molar-refractivity contribution in [1.82, 2.24) is 14.5 Å². The second-order valence-electron chi connectivity index (χ2n) is 11.0. The van der Waals surface area contributed by atoms with Gasteiger partial charge in [0, 0.05) is 52.3 Å². The fraction of sp³-hybridized carbons (Fsp3) is 0. The average molecular weight is 584 g/mol. The summed E-state index contributed by atoms with van der Waals surface area (Å²) in [6.07, 6.45) is 1.93. The Morgan fingerprint density at radius 2 is 1.40 bits per heavy atom. The standard InChI is InChI=1S/C38H21N3S2/c1-2-11-25-22(8-1)16-19-33-35(25)36-38(43-33)40-29(21-39-36)23-9-7-10-24(20-23)41-30-14-5-3-13-28(30)34-31(41)18-17-27-26-12-4-6-15-32(26)42-37(27)34/h1-21H. The van der Waals surface area contributed by atoms with Crippen LogP contribution in [0.5, 0.6) is 0 Å². The summed E-state index contributed by atoms with van der Waals surface area (Å²) in [6, 6.07) is 43.7. The van der Waals surface area contributed by atoms with Crippen molar-refractivity contribution in [2.24, 2.45) is 0 Å². The topological polar surface area (TPSA) is 30.7 Å². The van der Waals surface area contributed by atoms with E-state index >= 15 is 0 Å². The van der Waals surface area contributed by atoms with Crippen LogP contribution in [0.4, 0.5) is 0 Å². The van der Waals surface area contributed by atoms with Crippen LogP contribution in [0.25, 0.3) is 90.1 Å². The molecule has 10 aromatic rings. The average Bonchev–Trinajstić information content (AvgIpc) is 3.73. The molecule has 0 saturated carbocycles. The van der Waals surface area contributed by atoms with E-state index in [-0.39, 0.29) is 0 Å². The second kappa shape index (κ2) is 8.71. The maximum atomic E-state index is 5.15. The molecule has 6 aromatic carbocycles. The molecule has 5 heteroatoms. The van der Waals surface area contributed by atoms with Crippen molar-refractivity contribution >= 4 is 95.9 Å². The molecular weight excluding hydrogens is 563 g/mol. The van der Waals surface area contributed by atoms with Gasteiger partial charge in [-0.15, -0.1) is 22.7 Å². The Kier molecular flexibility index (Phi) is 4.75. The minimum Gasteiger partial charge on any atom is -0.309 e. The van der Waals surface area contributed by atoms with Crippen molar-refractivity contribution in [3.8, 4) is 16.9 Å². The van der Waals surface area contributed by atoms with E-state index in [1.807, 2.05) is 17.5 Å². The molecule has 0 amide bonds. The number of para-hydroxylation sites is 1. The Balaban J connectivity index is 1.19. The Morgan fingerprint density at radius 3 is 2.35 bits per heavy atom. The van der Waals surface area contributed by atoms with Gasteiger partial charge in [-0.05, 0) is 47.2 Å². The van der Waals surface area contributed by atoms with Gasteiger partial charge in [-0.3, -0.25) is 4.98 Å². The molecule has 0 aliphatic rings. The molecular formula is C38H21N3S2. The number of rotatable bonds is 2. The highest BCUT2D eigenvalue weighted by Gasteiger charge is 2.18. The van der Waals surface area contributed by atoms with Gasteiger partial charge < -0.3 is 4.57 Å². The van der Waals surface area contributed by atoms with Gasteiger partial charge in [0.2, 0.25) is 0 Å². The largest absolute Gasteiger partial charge is 0.309 e. The van der Waals surface area contributed by atoms with Crippen molar-refractivity contribution in [3.05, 3.63) is 128 Å². The van der Waals surface area contributed by atoms with E-state index in [0.29, 0.717) is 0 Å². The van der Waals surface area contributed by atoms with Crippen LogP contribution in [0.3, 0.4) is 0 Å². The highest BCUT2D eigenvalue weighted by Crippen LogP contribution is 2.43. The fourth-order valence-electron chi connectivity index (χ4n) is 6.76. The summed E-state index contributed by atoms with van der Waals surface area (Å²) in [5.41, 5.74) is 6.47. The van der Waals surface area contributed by atoms with Crippen molar-refractivity contribution < 1.29 is 0 Å². The third-order valence-corrected chi connectivity index (χ3v) is 10.9. The van der Waals surface area contributed by atoms with Gasteiger partial charge in [-0.25, -0.2) is 4.98 Å². The lowest BCUT2D eigenvalue weighted by Crippen LogP contribution is -1.95. The summed E-state index contributed by atoms with van der Waals surface area (Å²) in [4.78, 5) is 11.1. The zero-order valence-electron chi connectivity index (χ0n) is 22.8. The van der Waals surface area contributed by atoms with E-state index in [2.05, 4.69) is 126 Å². The quantitative estimate of drug-likeness (QED) is 0.203. The van der Waals surface area contributed by atoms with Gasteiger partial charge in [-0.2, -0.15) is 0 Å². The first-order valence-corrected chi connectivity index (χ1v) is 16.0. The van der Waals surface area contributed by atoms with Gasteiger partial charge in [0.25, 0.3) is 0 Å². The summed E-state index contributed by atoms with van der Waals surface area (Å²) in [6.45, 7) is 0. The van der Waals surface area contributed by atoms with Crippen LogP contribution in [0.2, 0.25) is 0 Å². The molecule has 43 heavy (non-hydrogen) atoms. The van der Waals surface area contributed by atoms with E-state index < -0.39 is 0 Å².